The molecule has 110 valence electrons. The normalized spacial score (nSPS) is 37.2. The van der Waals surface area contributed by atoms with E-state index in [9.17, 15) is 0 Å². The summed E-state index contributed by atoms with van der Waals surface area (Å²) in [5.41, 5.74) is 0. The molecule has 4 heteroatoms. The Labute approximate surface area is 123 Å². The summed E-state index contributed by atoms with van der Waals surface area (Å²) in [7, 11) is 0.319. The lowest BCUT2D eigenvalue weighted by molar-refractivity contribution is -0.0210. The van der Waals surface area contributed by atoms with Crippen molar-refractivity contribution in [1.82, 2.24) is 0 Å². The van der Waals surface area contributed by atoms with E-state index in [-0.39, 0.29) is 10.4 Å². The molecule has 2 aliphatic heterocycles. The molecule has 0 radical (unpaired) electrons. The summed E-state index contributed by atoms with van der Waals surface area (Å²) >= 11 is 0. The average Bonchev–Trinajstić information content (AvgIpc) is 2.40. The Morgan fingerprint density at radius 2 is 1.74 bits per heavy atom. The summed E-state index contributed by atoms with van der Waals surface area (Å²) < 4.78 is 12.2. The molecular weight excluding hydrogens is 268 g/mol. The van der Waals surface area contributed by atoms with Gasteiger partial charge in [-0.1, -0.05) is 25.2 Å². The van der Waals surface area contributed by atoms with Gasteiger partial charge in [0.2, 0.25) is 0 Å². The van der Waals surface area contributed by atoms with E-state index < -0.39 is 8.80 Å². The number of hydrogen-bond donors (Lipinski definition) is 0. The molecular formula is C15H30O2Si2. The van der Waals surface area contributed by atoms with Crippen LogP contribution in [-0.4, -0.2) is 42.7 Å². The van der Waals surface area contributed by atoms with Crippen LogP contribution in [-0.2, 0) is 9.47 Å². The highest BCUT2D eigenvalue weighted by Crippen LogP contribution is 2.32. The highest BCUT2D eigenvalue weighted by Gasteiger charge is 2.36. The van der Waals surface area contributed by atoms with Crippen LogP contribution in [0, 0.1) is 0 Å². The van der Waals surface area contributed by atoms with Gasteiger partial charge in [0.15, 0.2) is 0 Å². The zero-order valence-electron chi connectivity index (χ0n) is 12.9. The fourth-order valence-electron chi connectivity index (χ4n) is 3.32. The smallest absolute Gasteiger partial charge is 0.0699 e. The van der Waals surface area contributed by atoms with Gasteiger partial charge in [-0.15, -0.1) is 0 Å². The Hall–Kier alpha value is 0.0938. The standard InChI is InChI=1S/C15H30O2Si2/c1-19(2)15(10-4-6-13-17-15)11-7-9-14(18)8-3-5-12-16-14/h7,9,19H,3-6,8,10-13H2,1-2,18H3. The molecule has 0 aromatic heterocycles. The topological polar surface area (TPSA) is 18.5 Å². The third-order valence-corrected chi connectivity index (χ3v) is 8.79. The Bertz CT molecular complexity index is 303. The first-order valence-corrected chi connectivity index (χ1v) is 11.9. The fraction of sp³-hybridized carbons (Fsp3) is 0.867. The molecule has 2 rings (SSSR count). The summed E-state index contributed by atoms with van der Waals surface area (Å²) in [5, 5.41) is 0.341. The van der Waals surface area contributed by atoms with Crippen molar-refractivity contribution in [2.75, 3.05) is 13.2 Å². The molecule has 0 aliphatic carbocycles. The predicted octanol–water partition coefficient (Wildman–Crippen LogP) is 2.16. The Balaban J connectivity index is 1.94. The Kier molecular flexibility index (Phi) is 5.46. The number of hydrogen-bond acceptors (Lipinski definition) is 2. The van der Waals surface area contributed by atoms with Gasteiger partial charge in [-0.3, -0.25) is 0 Å². The van der Waals surface area contributed by atoms with Crippen molar-refractivity contribution in [3.63, 3.8) is 0 Å². The van der Waals surface area contributed by atoms with Gasteiger partial charge in [-0.05, 0) is 44.9 Å². The van der Waals surface area contributed by atoms with Gasteiger partial charge in [0.25, 0.3) is 0 Å². The lowest BCUT2D eigenvalue weighted by atomic mass is 10.0. The second-order valence-electron chi connectivity index (χ2n) is 6.75. The van der Waals surface area contributed by atoms with E-state index in [1.807, 2.05) is 0 Å². The van der Waals surface area contributed by atoms with Crippen LogP contribution in [0.1, 0.15) is 44.9 Å². The predicted molar refractivity (Wildman–Crippen MR) is 87.6 cm³/mol. The van der Waals surface area contributed by atoms with E-state index in [0.717, 1.165) is 29.9 Å². The lowest BCUT2D eigenvalue weighted by Crippen LogP contribution is -2.47. The molecule has 0 saturated carbocycles. The molecule has 0 aromatic rings. The van der Waals surface area contributed by atoms with Crippen molar-refractivity contribution >= 4 is 19.0 Å². The number of ether oxygens (including phenoxy) is 2. The maximum Gasteiger partial charge on any atom is 0.0699 e. The monoisotopic (exact) mass is 298 g/mol. The molecule has 2 saturated heterocycles. The lowest BCUT2D eigenvalue weighted by Gasteiger charge is -2.40. The van der Waals surface area contributed by atoms with Crippen molar-refractivity contribution in [3.05, 3.63) is 12.2 Å². The van der Waals surface area contributed by atoms with E-state index in [1.165, 1.54) is 38.5 Å². The van der Waals surface area contributed by atoms with Crippen molar-refractivity contribution < 1.29 is 9.47 Å². The Morgan fingerprint density at radius 1 is 1.05 bits per heavy atom. The zero-order valence-corrected chi connectivity index (χ0v) is 16.1. The SMILES string of the molecule is C[SiH](C)C1(CC=CC2([SiH3])CCCCO2)CCCCO1. The Morgan fingerprint density at radius 3 is 2.26 bits per heavy atom. The van der Waals surface area contributed by atoms with Gasteiger partial charge >= 0.3 is 0 Å². The van der Waals surface area contributed by atoms with Gasteiger partial charge in [0.1, 0.15) is 0 Å². The van der Waals surface area contributed by atoms with Crippen LogP contribution in [0.25, 0.3) is 0 Å². The van der Waals surface area contributed by atoms with Crippen molar-refractivity contribution in [2.45, 2.75) is 68.5 Å². The summed E-state index contributed by atoms with van der Waals surface area (Å²) in [4.78, 5) is 0. The molecule has 2 fully saturated rings. The third kappa shape index (κ3) is 4.03. The zero-order chi connectivity index (χ0) is 13.8. The minimum atomic E-state index is -0.787. The van der Waals surface area contributed by atoms with Crippen molar-refractivity contribution in [2.24, 2.45) is 0 Å². The van der Waals surface area contributed by atoms with Crippen LogP contribution in [0.5, 0.6) is 0 Å². The molecule has 2 heterocycles. The van der Waals surface area contributed by atoms with Crippen LogP contribution < -0.4 is 0 Å². The second kappa shape index (κ2) is 6.70. The summed E-state index contributed by atoms with van der Waals surface area (Å²) in [6.07, 6.45) is 13.5. The van der Waals surface area contributed by atoms with E-state index in [4.69, 9.17) is 9.47 Å². The minimum Gasteiger partial charge on any atom is -0.379 e. The van der Waals surface area contributed by atoms with Gasteiger partial charge in [-0.2, -0.15) is 0 Å². The van der Waals surface area contributed by atoms with E-state index in [2.05, 4.69) is 25.2 Å². The molecule has 2 atom stereocenters. The molecule has 0 amide bonds. The first-order chi connectivity index (χ1) is 9.06. The highest BCUT2D eigenvalue weighted by molar-refractivity contribution is 6.59. The van der Waals surface area contributed by atoms with Crippen LogP contribution in [0.4, 0.5) is 0 Å². The average molecular weight is 299 g/mol. The van der Waals surface area contributed by atoms with E-state index in [1.54, 1.807) is 0 Å². The largest absolute Gasteiger partial charge is 0.379 e. The van der Waals surface area contributed by atoms with E-state index >= 15 is 0 Å². The molecule has 0 aromatic carbocycles. The quantitative estimate of drug-likeness (QED) is 0.585. The third-order valence-electron chi connectivity index (χ3n) is 4.87. The summed E-state index contributed by atoms with van der Waals surface area (Å²) in [6.45, 7) is 6.80. The van der Waals surface area contributed by atoms with Gasteiger partial charge < -0.3 is 9.47 Å². The molecule has 0 spiro atoms. The maximum atomic E-state index is 6.23. The molecule has 2 unspecified atom stereocenters. The minimum absolute atomic E-state index is 0.118. The first kappa shape index (κ1) is 15.5. The molecule has 2 nitrogen and oxygen atoms in total. The molecule has 19 heavy (non-hydrogen) atoms. The van der Waals surface area contributed by atoms with Crippen LogP contribution in [0.2, 0.25) is 13.1 Å². The summed E-state index contributed by atoms with van der Waals surface area (Å²) in [6, 6.07) is 0. The van der Waals surface area contributed by atoms with Crippen LogP contribution in [0.3, 0.4) is 0 Å². The maximum absolute atomic E-state index is 6.23. The number of rotatable bonds is 4. The first-order valence-electron chi connectivity index (χ1n) is 8.02. The molecule has 2 aliphatic rings. The molecule has 0 bridgehead atoms. The summed E-state index contributed by atoms with van der Waals surface area (Å²) in [5.74, 6) is 0. The highest BCUT2D eigenvalue weighted by atomic mass is 28.3. The molecule has 0 N–H and O–H groups in total. The van der Waals surface area contributed by atoms with Crippen LogP contribution >= 0.6 is 0 Å². The van der Waals surface area contributed by atoms with Gasteiger partial charge in [0, 0.05) is 23.5 Å². The van der Waals surface area contributed by atoms with E-state index in [0.29, 0.717) is 0 Å². The van der Waals surface area contributed by atoms with Gasteiger partial charge in [0.05, 0.1) is 19.2 Å². The second-order valence-corrected chi connectivity index (χ2v) is 11.8. The fourth-order valence-corrected chi connectivity index (χ4v) is 5.95. The van der Waals surface area contributed by atoms with Crippen molar-refractivity contribution in [1.29, 1.82) is 0 Å². The van der Waals surface area contributed by atoms with Crippen LogP contribution in [0.15, 0.2) is 12.2 Å². The van der Waals surface area contributed by atoms with Gasteiger partial charge in [-0.25, -0.2) is 0 Å². The van der Waals surface area contributed by atoms with Crippen molar-refractivity contribution in [3.8, 4) is 0 Å².